The minimum atomic E-state index is -1.60. The van der Waals surface area contributed by atoms with E-state index in [-0.39, 0.29) is 17.1 Å². The molecule has 0 radical (unpaired) electrons. The molecule has 1 atom stereocenters. The van der Waals surface area contributed by atoms with E-state index >= 15 is 0 Å². The van der Waals surface area contributed by atoms with Crippen LogP contribution in [0.3, 0.4) is 0 Å². The lowest BCUT2D eigenvalue weighted by Gasteiger charge is -2.26. The zero-order chi connectivity index (χ0) is 21.5. The number of pyridine rings is 1. The summed E-state index contributed by atoms with van der Waals surface area (Å²) in [5, 5.41) is 0. The number of nitrogens with two attached hydrogens (primary N) is 1. The second-order valence-corrected chi connectivity index (χ2v) is 6.83. The number of rotatable bonds is 4. The summed E-state index contributed by atoms with van der Waals surface area (Å²) in [4.78, 5) is 33.8. The second-order valence-electron chi connectivity index (χ2n) is 6.83. The Labute approximate surface area is 170 Å². The number of aliphatic imine (C=N–C) groups is 1. The fraction of sp³-hybridized carbons (Fsp3) is 0.0909. The molecule has 2 aromatic carbocycles. The van der Waals surface area contributed by atoms with Gasteiger partial charge >= 0.3 is 0 Å². The highest BCUT2D eigenvalue weighted by molar-refractivity contribution is 6.09. The number of halogens is 2. The normalized spacial score (nSPS) is 18.4. The largest absolute Gasteiger partial charge is 0.369 e. The lowest BCUT2D eigenvalue weighted by atomic mass is 9.81. The van der Waals surface area contributed by atoms with E-state index in [0.717, 1.165) is 12.1 Å². The van der Waals surface area contributed by atoms with Crippen LogP contribution < -0.4 is 5.73 Å². The van der Waals surface area contributed by atoms with Crippen LogP contribution in [0.25, 0.3) is 11.1 Å². The van der Waals surface area contributed by atoms with Gasteiger partial charge in [0.25, 0.3) is 5.91 Å². The third-order valence-electron chi connectivity index (χ3n) is 5.15. The lowest BCUT2D eigenvalue weighted by Crippen LogP contribution is -2.41. The summed E-state index contributed by atoms with van der Waals surface area (Å²) in [5.41, 5.74) is 5.40. The van der Waals surface area contributed by atoms with Gasteiger partial charge < -0.3 is 5.73 Å². The van der Waals surface area contributed by atoms with E-state index in [4.69, 9.17) is 5.73 Å². The Kier molecular flexibility index (Phi) is 4.62. The van der Waals surface area contributed by atoms with Crippen LogP contribution in [0.4, 0.5) is 8.78 Å². The van der Waals surface area contributed by atoms with Crippen LogP contribution in [0, 0.1) is 11.6 Å². The third kappa shape index (κ3) is 2.85. The van der Waals surface area contributed by atoms with E-state index in [1.807, 2.05) is 0 Å². The van der Waals surface area contributed by atoms with Crippen molar-refractivity contribution >= 4 is 18.2 Å². The molecule has 2 heterocycles. The molecule has 0 saturated heterocycles. The molecule has 8 heteroatoms. The molecule has 0 unspecified atom stereocenters. The number of nitrogens with zero attached hydrogens (tertiary/aromatic N) is 3. The molecule has 0 fully saturated rings. The van der Waals surface area contributed by atoms with Crippen molar-refractivity contribution in [3.63, 3.8) is 0 Å². The maximum atomic E-state index is 14.6. The molecule has 1 aliphatic rings. The van der Waals surface area contributed by atoms with Gasteiger partial charge in [0.05, 0.1) is 0 Å². The van der Waals surface area contributed by atoms with Crippen LogP contribution in [0.5, 0.6) is 0 Å². The molecule has 0 saturated carbocycles. The average molecular weight is 406 g/mol. The first-order valence-electron chi connectivity index (χ1n) is 8.97. The smallest absolute Gasteiger partial charge is 0.266 e. The van der Waals surface area contributed by atoms with Gasteiger partial charge in [0.15, 0.2) is 11.5 Å². The van der Waals surface area contributed by atoms with Crippen LogP contribution in [-0.2, 0) is 10.3 Å². The molecular formula is C22H16F2N4O2. The van der Waals surface area contributed by atoms with Crippen molar-refractivity contribution in [3.8, 4) is 11.1 Å². The number of carbonyl (C=O) groups is 2. The molecule has 2 N–H and O–H groups in total. The van der Waals surface area contributed by atoms with Gasteiger partial charge in [0.2, 0.25) is 0 Å². The number of hydrogen-bond donors (Lipinski definition) is 1. The monoisotopic (exact) mass is 406 g/mol. The summed E-state index contributed by atoms with van der Waals surface area (Å²) >= 11 is 0. The number of guanidine groups is 1. The summed E-state index contributed by atoms with van der Waals surface area (Å²) in [6.07, 6.45) is 3.15. The Balaban J connectivity index is 1.98. The van der Waals surface area contributed by atoms with Gasteiger partial charge in [-0.15, -0.1) is 0 Å². The predicted molar refractivity (Wildman–Crippen MR) is 107 cm³/mol. The fourth-order valence-corrected chi connectivity index (χ4v) is 3.52. The maximum absolute atomic E-state index is 14.6. The number of hydrogen-bond acceptors (Lipinski definition) is 5. The third-order valence-corrected chi connectivity index (χ3v) is 5.15. The highest BCUT2D eigenvalue weighted by Crippen LogP contribution is 2.41. The van der Waals surface area contributed by atoms with Gasteiger partial charge in [-0.2, -0.15) is 0 Å². The number of aldehydes is 1. The molecule has 0 spiro atoms. The van der Waals surface area contributed by atoms with Crippen LogP contribution in [0.2, 0.25) is 0 Å². The van der Waals surface area contributed by atoms with Gasteiger partial charge in [-0.25, -0.2) is 13.8 Å². The van der Waals surface area contributed by atoms with Gasteiger partial charge in [-0.05, 0) is 29.3 Å². The quantitative estimate of drug-likeness (QED) is 0.675. The molecule has 150 valence electrons. The molecule has 30 heavy (non-hydrogen) atoms. The number of amides is 1. The standard InChI is InChI=1S/C22H16F2N4O2/c1-28-20(30)22(27-21(28)25,14-4-2-13(12-29)3-5-14)15-6-7-18(23)16(10-15)17-11-26-9-8-19(17)24/h2-12H,1H3,(H2,25,27)/t22-/m0/s1. The Hall–Kier alpha value is -3.94. The van der Waals surface area contributed by atoms with E-state index < -0.39 is 23.1 Å². The molecule has 0 aliphatic carbocycles. The van der Waals surface area contributed by atoms with E-state index in [0.29, 0.717) is 23.0 Å². The van der Waals surface area contributed by atoms with Crippen molar-refractivity contribution in [2.24, 2.45) is 10.7 Å². The molecule has 1 aliphatic heterocycles. The lowest BCUT2D eigenvalue weighted by molar-refractivity contribution is -0.129. The van der Waals surface area contributed by atoms with Gasteiger partial charge in [0, 0.05) is 36.1 Å². The minimum absolute atomic E-state index is 0.0158. The maximum Gasteiger partial charge on any atom is 0.266 e. The SMILES string of the molecule is CN1C(=O)[C@](c2ccc(C=O)cc2)(c2ccc(F)c(-c3cnccc3F)c2)N=C1N. The first-order chi connectivity index (χ1) is 14.4. The van der Waals surface area contributed by atoms with Crippen molar-refractivity contribution in [1.82, 2.24) is 9.88 Å². The van der Waals surface area contributed by atoms with Crippen molar-refractivity contribution in [2.45, 2.75) is 5.54 Å². The van der Waals surface area contributed by atoms with Gasteiger partial charge in [0.1, 0.15) is 17.9 Å². The summed E-state index contributed by atoms with van der Waals surface area (Å²) < 4.78 is 28.9. The Morgan fingerprint density at radius 3 is 2.27 bits per heavy atom. The molecular weight excluding hydrogens is 390 g/mol. The molecule has 1 aromatic heterocycles. The van der Waals surface area contributed by atoms with Gasteiger partial charge in [-0.1, -0.05) is 30.3 Å². The number of carbonyl (C=O) groups excluding carboxylic acids is 2. The van der Waals surface area contributed by atoms with E-state index in [9.17, 15) is 18.4 Å². The van der Waals surface area contributed by atoms with E-state index in [2.05, 4.69) is 9.98 Å². The van der Waals surface area contributed by atoms with Crippen LogP contribution >= 0.6 is 0 Å². The van der Waals surface area contributed by atoms with Crippen molar-refractivity contribution in [2.75, 3.05) is 7.05 Å². The van der Waals surface area contributed by atoms with Crippen LogP contribution in [0.15, 0.2) is 65.9 Å². The summed E-state index contributed by atoms with van der Waals surface area (Å²) in [5.74, 6) is -1.79. The first-order valence-corrected chi connectivity index (χ1v) is 8.97. The molecule has 6 nitrogen and oxygen atoms in total. The predicted octanol–water partition coefficient (Wildman–Crippen LogP) is 2.87. The summed E-state index contributed by atoms with van der Waals surface area (Å²) in [6, 6.07) is 11.3. The summed E-state index contributed by atoms with van der Waals surface area (Å²) in [6.45, 7) is 0. The Bertz CT molecular complexity index is 1190. The zero-order valence-corrected chi connectivity index (χ0v) is 15.8. The van der Waals surface area contributed by atoms with E-state index in [1.165, 1.54) is 36.5 Å². The van der Waals surface area contributed by atoms with Crippen LogP contribution in [-0.4, -0.2) is 35.1 Å². The molecule has 0 bridgehead atoms. The molecule has 4 rings (SSSR count). The number of benzene rings is 2. The first kappa shape index (κ1) is 19.4. The Morgan fingerprint density at radius 2 is 1.67 bits per heavy atom. The van der Waals surface area contributed by atoms with Gasteiger partial charge in [-0.3, -0.25) is 19.5 Å². The summed E-state index contributed by atoms with van der Waals surface area (Å²) in [7, 11) is 1.48. The number of likely N-dealkylation sites (N-methyl/N-ethyl adjacent to an activating group) is 1. The highest BCUT2D eigenvalue weighted by Gasteiger charge is 2.49. The molecule has 1 amide bonds. The van der Waals surface area contributed by atoms with Crippen molar-refractivity contribution < 1.29 is 18.4 Å². The van der Waals surface area contributed by atoms with Crippen LogP contribution in [0.1, 0.15) is 21.5 Å². The van der Waals surface area contributed by atoms with E-state index in [1.54, 1.807) is 24.3 Å². The topological polar surface area (TPSA) is 88.7 Å². The average Bonchev–Trinajstić information content (AvgIpc) is 2.99. The zero-order valence-electron chi connectivity index (χ0n) is 15.8. The second kappa shape index (κ2) is 7.14. The number of aromatic nitrogens is 1. The highest BCUT2D eigenvalue weighted by atomic mass is 19.1. The fourth-order valence-electron chi connectivity index (χ4n) is 3.52. The van der Waals surface area contributed by atoms with Crippen molar-refractivity contribution in [3.05, 3.63) is 89.2 Å². The Morgan fingerprint density at radius 1 is 1.00 bits per heavy atom. The van der Waals surface area contributed by atoms with Crippen molar-refractivity contribution in [1.29, 1.82) is 0 Å². The minimum Gasteiger partial charge on any atom is -0.369 e. The molecule has 3 aromatic rings.